The van der Waals surface area contributed by atoms with E-state index in [-0.39, 0.29) is 35.4 Å². The Bertz CT molecular complexity index is 1370. The number of hydrogen-bond acceptors (Lipinski definition) is 8. The second kappa shape index (κ2) is 12.6. The normalized spacial score (nSPS) is 20.0. The van der Waals surface area contributed by atoms with Crippen LogP contribution in [0.3, 0.4) is 0 Å². The molecule has 2 saturated heterocycles. The molecule has 1 unspecified atom stereocenters. The van der Waals surface area contributed by atoms with E-state index in [0.29, 0.717) is 62.5 Å². The number of pyridine rings is 1. The average Bonchev–Trinajstić information content (AvgIpc) is 3.42. The van der Waals surface area contributed by atoms with Crippen molar-refractivity contribution in [2.45, 2.75) is 44.9 Å². The third-order valence-electron chi connectivity index (χ3n) is 7.78. The molecule has 0 bridgehead atoms. The molecule has 0 aliphatic carbocycles. The van der Waals surface area contributed by atoms with Crippen LogP contribution in [0.15, 0.2) is 53.2 Å². The first-order chi connectivity index (χ1) is 19.8. The van der Waals surface area contributed by atoms with E-state index >= 15 is 0 Å². The summed E-state index contributed by atoms with van der Waals surface area (Å²) in [4.78, 5) is 46.5. The third-order valence-corrected chi connectivity index (χ3v) is 7.78. The van der Waals surface area contributed by atoms with E-state index in [2.05, 4.69) is 15.5 Å². The van der Waals surface area contributed by atoms with Gasteiger partial charge in [-0.15, -0.1) is 0 Å². The predicted octanol–water partition coefficient (Wildman–Crippen LogP) is 3.46. The Labute approximate surface area is 237 Å². The number of aryl methyl sites for hydroxylation is 1. The van der Waals surface area contributed by atoms with Crippen LogP contribution in [0.1, 0.15) is 61.9 Å². The monoisotopic (exact) mass is 563 g/mol. The number of alkyl halides is 1. The van der Waals surface area contributed by atoms with Crippen molar-refractivity contribution in [1.29, 1.82) is 0 Å². The van der Waals surface area contributed by atoms with Crippen molar-refractivity contribution in [2.75, 3.05) is 33.3 Å². The van der Waals surface area contributed by atoms with E-state index in [0.717, 1.165) is 5.69 Å². The molecular weight excluding hydrogens is 529 g/mol. The zero-order chi connectivity index (χ0) is 28.9. The van der Waals surface area contributed by atoms with Crippen molar-refractivity contribution >= 4 is 17.6 Å². The maximum atomic E-state index is 14.9. The summed E-state index contributed by atoms with van der Waals surface area (Å²) in [7, 11) is 1.58. The fraction of sp³-hybridized carbons (Fsp3) is 0.433. The molecule has 11 heteroatoms. The van der Waals surface area contributed by atoms with Crippen LogP contribution in [0, 0.1) is 12.8 Å². The SMILES string of the molecule is COc1ccc(C(=O)C2CCN(C(=O)c3ccc(C(=O)NC4CCN(Cc5cc(C)on5)C[C@@H]4F)cn3)CC2)cc1. The summed E-state index contributed by atoms with van der Waals surface area (Å²) in [6, 6.07) is 11.3. The van der Waals surface area contributed by atoms with Crippen LogP contribution < -0.4 is 10.1 Å². The van der Waals surface area contributed by atoms with Crippen molar-refractivity contribution in [3.8, 4) is 5.75 Å². The minimum Gasteiger partial charge on any atom is -0.497 e. The molecule has 4 heterocycles. The first kappa shape index (κ1) is 28.4. The van der Waals surface area contributed by atoms with Crippen LogP contribution in [0.25, 0.3) is 0 Å². The first-order valence-corrected chi connectivity index (χ1v) is 13.8. The highest BCUT2D eigenvalue weighted by atomic mass is 19.1. The molecular formula is C30H34FN5O5. The molecule has 5 rings (SSSR count). The number of likely N-dealkylation sites (tertiary alicyclic amines) is 2. The lowest BCUT2D eigenvalue weighted by atomic mass is 9.88. The Hall–Kier alpha value is -4.12. The molecule has 216 valence electrons. The topological polar surface area (TPSA) is 118 Å². The first-order valence-electron chi connectivity index (χ1n) is 13.8. The average molecular weight is 564 g/mol. The number of halogens is 1. The number of nitrogens with one attached hydrogen (secondary N) is 1. The van der Waals surface area contributed by atoms with Gasteiger partial charge in [0.15, 0.2) is 5.78 Å². The van der Waals surface area contributed by atoms with Crippen molar-refractivity contribution in [2.24, 2.45) is 5.92 Å². The lowest BCUT2D eigenvalue weighted by molar-refractivity contribution is 0.0645. The largest absolute Gasteiger partial charge is 0.497 e. The standard InChI is InChI=1S/C30H34FN5O5/c1-19-15-23(34-41-19)17-35-12-11-26(25(31)18-35)33-29(38)22-5-8-27(32-16-22)30(39)36-13-9-21(10-14-36)28(37)20-3-6-24(40-2)7-4-20/h3-8,15-16,21,25-26H,9-14,17-18H2,1-2H3,(H,33,38)/t25-,26?/m0/s1. The molecule has 0 spiro atoms. The lowest BCUT2D eigenvalue weighted by Crippen LogP contribution is -2.52. The summed E-state index contributed by atoms with van der Waals surface area (Å²) in [5, 5.41) is 6.73. The summed E-state index contributed by atoms with van der Waals surface area (Å²) >= 11 is 0. The molecule has 41 heavy (non-hydrogen) atoms. The molecule has 2 aliphatic rings. The summed E-state index contributed by atoms with van der Waals surface area (Å²) in [6.45, 7) is 4.00. The molecule has 10 nitrogen and oxygen atoms in total. The minimum atomic E-state index is -1.23. The van der Waals surface area contributed by atoms with Crippen LogP contribution in [0.5, 0.6) is 5.75 Å². The number of methoxy groups -OCH3 is 1. The molecule has 3 aromatic rings. The van der Waals surface area contributed by atoms with Crippen molar-refractivity contribution < 1.29 is 28.0 Å². The quantitative estimate of drug-likeness (QED) is 0.414. The molecule has 2 atom stereocenters. The van der Waals surface area contributed by atoms with Gasteiger partial charge in [0.25, 0.3) is 11.8 Å². The maximum absolute atomic E-state index is 14.9. The van der Waals surface area contributed by atoms with Gasteiger partial charge >= 0.3 is 0 Å². The Balaban J connectivity index is 1.09. The Morgan fingerprint density at radius 3 is 2.39 bits per heavy atom. The summed E-state index contributed by atoms with van der Waals surface area (Å²) in [5.41, 5.74) is 1.88. The van der Waals surface area contributed by atoms with E-state index in [1.807, 2.05) is 17.9 Å². The number of hydrogen-bond donors (Lipinski definition) is 1. The van der Waals surface area contributed by atoms with Gasteiger partial charge < -0.3 is 19.5 Å². The number of carbonyl (C=O) groups excluding carboxylic acids is 3. The van der Waals surface area contributed by atoms with Crippen LogP contribution in [0.4, 0.5) is 4.39 Å². The molecule has 0 radical (unpaired) electrons. The zero-order valence-corrected chi connectivity index (χ0v) is 23.2. The second-order valence-electron chi connectivity index (χ2n) is 10.6. The molecule has 2 aliphatic heterocycles. The van der Waals surface area contributed by atoms with Crippen molar-refractivity contribution in [3.05, 3.63) is 76.9 Å². The molecule has 1 N–H and O–H groups in total. The van der Waals surface area contributed by atoms with Gasteiger partial charge in [0.05, 0.1) is 24.4 Å². The van der Waals surface area contributed by atoms with Gasteiger partial charge in [-0.2, -0.15) is 0 Å². The molecule has 0 saturated carbocycles. The predicted molar refractivity (Wildman–Crippen MR) is 147 cm³/mol. The molecule has 1 aromatic carbocycles. The van der Waals surface area contributed by atoms with Crippen LogP contribution in [-0.2, 0) is 6.54 Å². The molecule has 2 fully saturated rings. The van der Waals surface area contributed by atoms with Crippen LogP contribution in [0.2, 0.25) is 0 Å². The number of benzene rings is 1. The maximum Gasteiger partial charge on any atom is 0.272 e. The van der Waals surface area contributed by atoms with Crippen molar-refractivity contribution in [1.82, 2.24) is 25.3 Å². The van der Waals surface area contributed by atoms with Gasteiger partial charge in [-0.3, -0.25) is 24.3 Å². The fourth-order valence-corrected chi connectivity index (χ4v) is 5.40. The second-order valence-corrected chi connectivity index (χ2v) is 10.6. The highest BCUT2D eigenvalue weighted by molar-refractivity contribution is 5.99. The Morgan fingerprint density at radius 1 is 1.05 bits per heavy atom. The molecule has 2 amide bonds. The van der Waals surface area contributed by atoms with E-state index in [1.165, 1.54) is 18.3 Å². The van der Waals surface area contributed by atoms with Gasteiger partial charge in [0, 0.05) is 56.5 Å². The van der Waals surface area contributed by atoms with E-state index in [9.17, 15) is 18.8 Å². The van der Waals surface area contributed by atoms with Gasteiger partial charge in [0.2, 0.25) is 0 Å². The number of nitrogens with zero attached hydrogens (tertiary/aromatic N) is 4. The summed E-state index contributed by atoms with van der Waals surface area (Å²) in [5.74, 6) is 0.652. The number of ether oxygens (including phenoxy) is 1. The highest BCUT2D eigenvalue weighted by Crippen LogP contribution is 2.24. The van der Waals surface area contributed by atoms with E-state index in [4.69, 9.17) is 9.26 Å². The highest BCUT2D eigenvalue weighted by Gasteiger charge is 2.32. The van der Waals surface area contributed by atoms with Crippen LogP contribution in [-0.4, -0.2) is 83.0 Å². The van der Waals surface area contributed by atoms with Crippen molar-refractivity contribution in [3.63, 3.8) is 0 Å². The van der Waals surface area contributed by atoms with Gasteiger partial charge in [-0.05, 0) is 62.6 Å². The molecule has 2 aromatic heterocycles. The number of piperidine rings is 2. The third kappa shape index (κ3) is 6.79. The Kier molecular flexibility index (Phi) is 8.72. The van der Waals surface area contributed by atoms with Gasteiger partial charge in [-0.25, -0.2) is 4.39 Å². The zero-order valence-electron chi connectivity index (χ0n) is 23.2. The number of Topliss-reactive ketones (excluding diaryl/α,β-unsaturated/α-hetero) is 1. The summed E-state index contributed by atoms with van der Waals surface area (Å²) < 4.78 is 25.1. The number of aromatic nitrogens is 2. The van der Waals surface area contributed by atoms with Crippen LogP contribution >= 0.6 is 0 Å². The van der Waals surface area contributed by atoms with E-state index < -0.39 is 18.1 Å². The summed E-state index contributed by atoms with van der Waals surface area (Å²) in [6.07, 6.45) is 1.72. The number of amides is 2. The Morgan fingerprint density at radius 2 is 1.78 bits per heavy atom. The van der Waals surface area contributed by atoms with E-state index in [1.54, 1.807) is 36.3 Å². The number of ketones is 1. The fourth-order valence-electron chi connectivity index (χ4n) is 5.40. The van der Waals surface area contributed by atoms with Gasteiger partial charge in [0.1, 0.15) is 23.4 Å². The smallest absolute Gasteiger partial charge is 0.272 e. The number of rotatable bonds is 8. The lowest BCUT2D eigenvalue weighted by Gasteiger charge is -2.34. The minimum absolute atomic E-state index is 0.0690. The number of carbonyl (C=O) groups is 3. The van der Waals surface area contributed by atoms with Gasteiger partial charge in [-0.1, -0.05) is 5.16 Å².